The number of carbonyl (C=O) groups is 2. The van der Waals surface area contributed by atoms with Crippen molar-refractivity contribution >= 4 is 11.9 Å². The molecule has 1 rings (SSSR count). The molecule has 0 radical (unpaired) electrons. The van der Waals surface area contributed by atoms with E-state index in [4.69, 9.17) is 10.8 Å². The van der Waals surface area contributed by atoms with Gasteiger partial charge in [-0.15, -0.1) is 0 Å². The van der Waals surface area contributed by atoms with Gasteiger partial charge in [-0.05, 0) is 6.42 Å². The molecule has 0 aromatic carbocycles. The SMILES string of the molecule is NC(=O)CN1CC(NCC(F)F)CC(C(=O)O)C1. The fourth-order valence-corrected chi connectivity index (χ4v) is 2.12. The Morgan fingerprint density at radius 2 is 2.11 bits per heavy atom. The first kappa shape index (κ1) is 14.8. The monoisotopic (exact) mass is 265 g/mol. The summed E-state index contributed by atoms with van der Waals surface area (Å²) in [5.41, 5.74) is 5.04. The van der Waals surface area contributed by atoms with Crippen LogP contribution in [0, 0.1) is 5.92 Å². The molecule has 1 saturated heterocycles. The number of alkyl halides is 2. The number of halogens is 2. The molecule has 1 heterocycles. The van der Waals surface area contributed by atoms with Gasteiger partial charge in [-0.2, -0.15) is 0 Å². The average Bonchev–Trinajstić information content (AvgIpc) is 2.25. The van der Waals surface area contributed by atoms with Crippen LogP contribution < -0.4 is 11.1 Å². The summed E-state index contributed by atoms with van der Waals surface area (Å²) in [6.07, 6.45) is -2.21. The number of carboxylic acid groups (broad SMARTS) is 1. The van der Waals surface area contributed by atoms with Gasteiger partial charge in [-0.3, -0.25) is 14.5 Å². The summed E-state index contributed by atoms with van der Waals surface area (Å²) < 4.78 is 24.2. The van der Waals surface area contributed by atoms with Crippen LogP contribution in [0.15, 0.2) is 0 Å². The number of carbonyl (C=O) groups excluding carboxylic acids is 1. The molecule has 4 N–H and O–H groups in total. The van der Waals surface area contributed by atoms with Crippen molar-refractivity contribution in [1.29, 1.82) is 0 Å². The molecular weight excluding hydrogens is 248 g/mol. The lowest BCUT2D eigenvalue weighted by atomic mass is 9.94. The van der Waals surface area contributed by atoms with Crippen molar-refractivity contribution in [3.8, 4) is 0 Å². The third-order valence-electron chi connectivity index (χ3n) is 2.82. The molecule has 0 aromatic rings. The summed E-state index contributed by atoms with van der Waals surface area (Å²) in [5, 5.41) is 11.6. The van der Waals surface area contributed by atoms with Crippen molar-refractivity contribution < 1.29 is 23.5 Å². The predicted octanol–water partition coefficient (Wildman–Crippen LogP) is -0.898. The molecule has 104 valence electrons. The van der Waals surface area contributed by atoms with Crippen molar-refractivity contribution in [2.75, 3.05) is 26.2 Å². The van der Waals surface area contributed by atoms with Crippen molar-refractivity contribution in [2.24, 2.45) is 11.7 Å². The van der Waals surface area contributed by atoms with Gasteiger partial charge < -0.3 is 16.2 Å². The second-order valence-electron chi connectivity index (χ2n) is 4.43. The number of rotatable bonds is 6. The Bertz CT molecular complexity index is 315. The molecule has 0 spiro atoms. The van der Waals surface area contributed by atoms with Gasteiger partial charge in [0.15, 0.2) is 0 Å². The number of nitrogens with zero attached hydrogens (tertiary/aromatic N) is 1. The number of aliphatic carboxylic acids is 1. The van der Waals surface area contributed by atoms with Crippen LogP contribution in [0.1, 0.15) is 6.42 Å². The maximum atomic E-state index is 12.1. The highest BCUT2D eigenvalue weighted by molar-refractivity contribution is 5.76. The number of likely N-dealkylation sites (tertiary alicyclic amines) is 1. The number of carboxylic acids is 1. The Balaban J connectivity index is 2.56. The van der Waals surface area contributed by atoms with E-state index >= 15 is 0 Å². The molecule has 6 nitrogen and oxygen atoms in total. The van der Waals surface area contributed by atoms with Crippen molar-refractivity contribution in [1.82, 2.24) is 10.2 Å². The lowest BCUT2D eigenvalue weighted by Crippen LogP contribution is -2.53. The van der Waals surface area contributed by atoms with Gasteiger partial charge in [0.1, 0.15) is 0 Å². The van der Waals surface area contributed by atoms with Crippen LogP contribution in [0.25, 0.3) is 0 Å². The van der Waals surface area contributed by atoms with E-state index in [-0.39, 0.29) is 25.6 Å². The third kappa shape index (κ3) is 4.92. The second-order valence-corrected chi connectivity index (χ2v) is 4.43. The van der Waals surface area contributed by atoms with Crippen LogP contribution in [0.2, 0.25) is 0 Å². The molecule has 0 aliphatic carbocycles. The first-order chi connectivity index (χ1) is 8.38. The highest BCUT2D eigenvalue weighted by Crippen LogP contribution is 2.17. The third-order valence-corrected chi connectivity index (χ3v) is 2.82. The van der Waals surface area contributed by atoms with E-state index in [9.17, 15) is 18.4 Å². The minimum absolute atomic E-state index is 0.0589. The minimum Gasteiger partial charge on any atom is -0.481 e. The standard InChI is InChI=1S/C10H17F2N3O3/c11-8(12)2-14-7-1-6(10(17)18)3-15(4-7)5-9(13)16/h6-8,14H,1-5H2,(H2,13,16)(H,17,18). The molecule has 2 atom stereocenters. The van der Waals surface area contributed by atoms with E-state index in [2.05, 4.69) is 5.32 Å². The Morgan fingerprint density at radius 1 is 1.44 bits per heavy atom. The van der Waals surface area contributed by atoms with Gasteiger partial charge in [-0.1, -0.05) is 0 Å². The first-order valence-corrected chi connectivity index (χ1v) is 5.63. The van der Waals surface area contributed by atoms with Crippen LogP contribution in [0.4, 0.5) is 8.78 Å². The van der Waals surface area contributed by atoms with Crippen LogP contribution in [-0.2, 0) is 9.59 Å². The molecule has 0 saturated carbocycles. The van der Waals surface area contributed by atoms with E-state index in [1.165, 1.54) is 0 Å². The Hall–Kier alpha value is -1.28. The summed E-state index contributed by atoms with van der Waals surface area (Å²) in [6.45, 7) is 0.0165. The number of nitrogens with one attached hydrogen (secondary N) is 1. The molecule has 8 heteroatoms. The molecule has 1 amide bonds. The van der Waals surface area contributed by atoms with E-state index in [0.29, 0.717) is 6.54 Å². The number of piperidine rings is 1. The average molecular weight is 265 g/mol. The van der Waals surface area contributed by atoms with Crippen LogP contribution >= 0.6 is 0 Å². The highest BCUT2D eigenvalue weighted by atomic mass is 19.3. The fourth-order valence-electron chi connectivity index (χ4n) is 2.12. The molecular formula is C10H17F2N3O3. The molecule has 0 bridgehead atoms. The lowest BCUT2D eigenvalue weighted by Gasteiger charge is -2.35. The second kappa shape index (κ2) is 6.60. The maximum absolute atomic E-state index is 12.1. The molecule has 1 aliphatic rings. The zero-order chi connectivity index (χ0) is 13.7. The van der Waals surface area contributed by atoms with Gasteiger partial charge in [0.05, 0.1) is 19.0 Å². The Morgan fingerprint density at radius 3 is 2.61 bits per heavy atom. The van der Waals surface area contributed by atoms with Crippen LogP contribution in [0.3, 0.4) is 0 Å². The largest absolute Gasteiger partial charge is 0.481 e. The molecule has 1 aliphatic heterocycles. The van der Waals surface area contributed by atoms with Gasteiger partial charge in [-0.25, -0.2) is 8.78 Å². The van der Waals surface area contributed by atoms with Crippen molar-refractivity contribution in [2.45, 2.75) is 18.9 Å². The Labute approximate surface area is 103 Å². The van der Waals surface area contributed by atoms with Gasteiger partial charge in [0, 0.05) is 19.1 Å². The number of amides is 1. The normalized spacial score (nSPS) is 25.3. The topological polar surface area (TPSA) is 95.7 Å². The summed E-state index contributed by atoms with van der Waals surface area (Å²) in [5.74, 6) is -2.23. The molecule has 0 aromatic heterocycles. The first-order valence-electron chi connectivity index (χ1n) is 5.63. The zero-order valence-corrected chi connectivity index (χ0v) is 9.81. The van der Waals surface area contributed by atoms with E-state index in [1.54, 1.807) is 4.90 Å². The van der Waals surface area contributed by atoms with Gasteiger partial charge in [0.25, 0.3) is 6.43 Å². The van der Waals surface area contributed by atoms with E-state index in [1.807, 2.05) is 0 Å². The highest BCUT2D eigenvalue weighted by Gasteiger charge is 2.32. The zero-order valence-electron chi connectivity index (χ0n) is 9.81. The number of hydrogen-bond acceptors (Lipinski definition) is 4. The van der Waals surface area contributed by atoms with Crippen molar-refractivity contribution in [3.05, 3.63) is 0 Å². The number of primary amides is 1. The van der Waals surface area contributed by atoms with Gasteiger partial charge in [0.2, 0.25) is 5.91 Å². The van der Waals surface area contributed by atoms with E-state index in [0.717, 1.165) is 0 Å². The quantitative estimate of drug-likeness (QED) is 0.578. The maximum Gasteiger partial charge on any atom is 0.307 e. The van der Waals surface area contributed by atoms with Gasteiger partial charge >= 0.3 is 5.97 Å². The number of hydrogen-bond donors (Lipinski definition) is 3. The smallest absolute Gasteiger partial charge is 0.307 e. The van der Waals surface area contributed by atoms with E-state index < -0.39 is 30.8 Å². The molecule has 1 fully saturated rings. The summed E-state index contributed by atoms with van der Waals surface area (Å²) in [6, 6.07) is -0.367. The van der Waals surface area contributed by atoms with Crippen molar-refractivity contribution in [3.63, 3.8) is 0 Å². The fraction of sp³-hybridized carbons (Fsp3) is 0.800. The summed E-state index contributed by atoms with van der Waals surface area (Å²) in [4.78, 5) is 23.3. The van der Waals surface area contributed by atoms with Crippen LogP contribution in [0.5, 0.6) is 0 Å². The summed E-state index contributed by atoms with van der Waals surface area (Å²) >= 11 is 0. The Kier molecular flexibility index (Phi) is 5.42. The minimum atomic E-state index is -2.49. The molecule has 18 heavy (non-hydrogen) atoms. The predicted molar refractivity (Wildman–Crippen MR) is 59.2 cm³/mol. The van der Waals surface area contributed by atoms with Crippen LogP contribution in [-0.4, -0.2) is 60.5 Å². The molecule has 2 unspecified atom stereocenters. The summed E-state index contributed by atoms with van der Waals surface area (Å²) in [7, 11) is 0. The lowest BCUT2D eigenvalue weighted by molar-refractivity contribution is -0.144. The number of nitrogens with two attached hydrogens (primary N) is 1.